The molecule has 1 saturated carbocycles. The SMILES string of the molecule is CCOC(=O)N1CCC(NC(N)=NCc2ccc(C)cc2OC2CCCC2)CC1. The second-order valence-corrected chi connectivity index (χ2v) is 7.94. The van der Waals surface area contributed by atoms with Gasteiger partial charge in [0, 0.05) is 24.7 Å². The van der Waals surface area contributed by atoms with Crippen LogP contribution in [0.4, 0.5) is 4.79 Å². The van der Waals surface area contributed by atoms with Crippen LogP contribution in [0.3, 0.4) is 0 Å². The quantitative estimate of drug-likeness (QED) is 0.563. The van der Waals surface area contributed by atoms with Gasteiger partial charge in [-0.2, -0.15) is 0 Å². The molecule has 0 bridgehead atoms. The molecule has 7 nitrogen and oxygen atoms in total. The summed E-state index contributed by atoms with van der Waals surface area (Å²) in [5.74, 6) is 1.36. The molecule has 0 spiro atoms. The number of piperidine rings is 1. The molecule has 0 unspecified atom stereocenters. The van der Waals surface area contributed by atoms with Gasteiger partial charge in [0.1, 0.15) is 5.75 Å². The number of nitrogens with zero attached hydrogens (tertiary/aromatic N) is 2. The van der Waals surface area contributed by atoms with E-state index in [2.05, 4.69) is 35.4 Å². The third kappa shape index (κ3) is 6.27. The van der Waals surface area contributed by atoms with Crippen molar-refractivity contribution in [2.75, 3.05) is 19.7 Å². The number of ether oxygens (including phenoxy) is 2. The van der Waals surface area contributed by atoms with Gasteiger partial charge < -0.3 is 25.4 Å². The number of likely N-dealkylation sites (tertiary alicyclic amines) is 1. The van der Waals surface area contributed by atoms with Crippen molar-refractivity contribution in [2.24, 2.45) is 10.7 Å². The summed E-state index contributed by atoms with van der Waals surface area (Å²) in [6, 6.07) is 6.48. The van der Waals surface area contributed by atoms with Crippen LogP contribution in [-0.4, -0.2) is 48.8 Å². The van der Waals surface area contributed by atoms with Crippen LogP contribution in [0.2, 0.25) is 0 Å². The van der Waals surface area contributed by atoms with Crippen molar-refractivity contribution in [1.82, 2.24) is 10.2 Å². The number of guanidine groups is 1. The lowest BCUT2D eigenvalue weighted by atomic mass is 10.1. The summed E-state index contributed by atoms with van der Waals surface area (Å²) < 4.78 is 11.3. The summed E-state index contributed by atoms with van der Waals surface area (Å²) >= 11 is 0. The average molecular weight is 403 g/mol. The molecular formula is C22H34N4O3. The zero-order chi connectivity index (χ0) is 20.6. The van der Waals surface area contributed by atoms with Crippen molar-refractivity contribution >= 4 is 12.1 Å². The topological polar surface area (TPSA) is 89.2 Å². The Kier molecular flexibility index (Phi) is 7.61. The summed E-state index contributed by atoms with van der Waals surface area (Å²) in [5.41, 5.74) is 8.38. The molecule has 1 aliphatic heterocycles. The lowest BCUT2D eigenvalue weighted by molar-refractivity contribution is 0.0963. The van der Waals surface area contributed by atoms with E-state index in [1.807, 2.05) is 6.92 Å². The van der Waals surface area contributed by atoms with Gasteiger partial charge in [0.25, 0.3) is 0 Å². The first kappa shape index (κ1) is 21.3. The first-order valence-corrected chi connectivity index (χ1v) is 10.8. The van der Waals surface area contributed by atoms with Crippen LogP contribution in [0.15, 0.2) is 23.2 Å². The second-order valence-electron chi connectivity index (χ2n) is 7.94. The van der Waals surface area contributed by atoms with E-state index in [0.29, 0.717) is 38.3 Å². The highest BCUT2D eigenvalue weighted by atomic mass is 16.6. The molecule has 29 heavy (non-hydrogen) atoms. The molecule has 1 aromatic carbocycles. The lowest BCUT2D eigenvalue weighted by Crippen LogP contribution is -2.48. The van der Waals surface area contributed by atoms with Crippen LogP contribution in [-0.2, 0) is 11.3 Å². The number of rotatable bonds is 6. The van der Waals surface area contributed by atoms with Crippen molar-refractivity contribution in [3.63, 3.8) is 0 Å². The number of hydrogen-bond acceptors (Lipinski definition) is 4. The number of hydrogen-bond donors (Lipinski definition) is 2. The lowest BCUT2D eigenvalue weighted by Gasteiger charge is -2.31. The molecule has 3 N–H and O–H groups in total. The van der Waals surface area contributed by atoms with Crippen molar-refractivity contribution in [1.29, 1.82) is 0 Å². The van der Waals surface area contributed by atoms with Crippen LogP contribution in [0.25, 0.3) is 0 Å². The number of carbonyl (C=O) groups excluding carboxylic acids is 1. The predicted octanol–water partition coefficient (Wildman–Crippen LogP) is 3.34. The smallest absolute Gasteiger partial charge is 0.409 e. The van der Waals surface area contributed by atoms with Crippen LogP contribution >= 0.6 is 0 Å². The molecular weight excluding hydrogens is 368 g/mol. The maximum absolute atomic E-state index is 11.8. The van der Waals surface area contributed by atoms with Gasteiger partial charge in [-0.1, -0.05) is 12.1 Å². The maximum atomic E-state index is 11.8. The zero-order valence-electron chi connectivity index (χ0n) is 17.7. The summed E-state index contributed by atoms with van der Waals surface area (Å²) in [6.07, 6.45) is 6.49. The molecule has 1 saturated heterocycles. The highest BCUT2D eigenvalue weighted by Gasteiger charge is 2.23. The van der Waals surface area contributed by atoms with Gasteiger partial charge in [-0.25, -0.2) is 9.79 Å². The minimum atomic E-state index is -0.234. The Bertz CT molecular complexity index is 708. The molecule has 3 rings (SSSR count). The minimum Gasteiger partial charge on any atom is -0.490 e. The Labute approximate surface area is 173 Å². The monoisotopic (exact) mass is 402 g/mol. The van der Waals surface area contributed by atoms with Crippen LogP contribution in [0.5, 0.6) is 5.75 Å². The number of aliphatic imine (C=N–C) groups is 1. The van der Waals surface area contributed by atoms with E-state index in [-0.39, 0.29) is 12.1 Å². The fourth-order valence-corrected chi connectivity index (χ4v) is 3.93. The van der Waals surface area contributed by atoms with E-state index in [0.717, 1.165) is 37.0 Å². The third-order valence-corrected chi connectivity index (χ3v) is 5.61. The van der Waals surface area contributed by atoms with Crippen molar-refractivity contribution < 1.29 is 14.3 Å². The molecule has 2 aliphatic rings. The van der Waals surface area contributed by atoms with Gasteiger partial charge >= 0.3 is 6.09 Å². The summed E-state index contributed by atoms with van der Waals surface area (Å²) in [7, 11) is 0. The van der Waals surface area contributed by atoms with Gasteiger partial charge in [-0.15, -0.1) is 0 Å². The van der Waals surface area contributed by atoms with Crippen molar-refractivity contribution in [3.8, 4) is 5.75 Å². The van der Waals surface area contributed by atoms with E-state index < -0.39 is 0 Å². The first-order valence-electron chi connectivity index (χ1n) is 10.8. The Morgan fingerprint density at radius 2 is 1.97 bits per heavy atom. The van der Waals surface area contributed by atoms with E-state index in [1.165, 1.54) is 18.4 Å². The van der Waals surface area contributed by atoms with E-state index >= 15 is 0 Å². The fraction of sp³-hybridized carbons (Fsp3) is 0.636. The fourth-order valence-electron chi connectivity index (χ4n) is 3.93. The second kappa shape index (κ2) is 10.4. The number of amides is 1. The third-order valence-electron chi connectivity index (χ3n) is 5.61. The van der Waals surface area contributed by atoms with E-state index in [4.69, 9.17) is 15.2 Å². The number of benzene rings is 1. The molecule has 0 atom stereocenters. The highest BCUT2D eigenvalue weighted by molar-refractivity contribution is 5.78. The first-order chi connectivity index (χ1) is 14.0. The van der Waals surface area contributed by atoms with Crippen molar-refractivity contribution in [2.45, 2.75) is 71.1 Å². The molecule has 2 fully saturated rings. The zero-order valence-corrected chi connectivity index (χ0v) is 17.7. The average Bonchev–Trinajstić information content (AvgIpc) is 3.21. The summed E-state index contributed by atoms with van der Waals surface area (Å²) in [4.78, 5) is 18.1. The number of aryl methyl sites for hydroxylation is 1. The van der Waals surface area contributed by atoms with Gasteiger partial charge in [-0.3, -0.25) is 0 Å². The van der Waals surface area contributed by atoms with Gasteiger partial charge in [0.2, 0.25) is 0 Å². The largest absolute Gasteiger partial charge is 0.490 e. The predicted molar refractivity (Wildman–Crippen MR) is 114 cm³/mol. The van der Waals surface area contributed by atoms with Gasteiger partial charge in [0.15, 0.2) is 5.96 Å². The minimum absolute atomic E-state index is 0.219. The van der Waals surface area contributed by atoms with E-state index in [1.54, 1.807) is 4.90 Å². The molecule has 160 valence electrons. The van der Waals surface area contributed by atoms with Gasteiger partial charge in [-0.05, 0) is 64.0 Å². The maximum Gasteiger partial charge on any atom is 0.409 e. The standard InChI is InChI=1S/C22H34N4O3/c1-3-28-22(27)26-12-10-18(11-13-26)25-21(23)24-15-17-9-8-16(2)14-20(17)29-19-6-4-5-7-19/h8-9,14,18-19H,3-7,10-13,15H2,1-2H3,(H3,23,24,25). The van der Waals surface area contributed by atoms with Gasteiger partial charge in [0.05, 0.1) is 19.3 Å². The molecule has 1 heterocycles. The van der Waals surface area contributed by atoms with Crippen LogP contribution in [0, 0.1) is 6.92 Å². The summed E-state index contributed by atoms with van der Waals surface area (Å²) in [6.45, 7) is 6.13. The summed E-state index contributed by atoms with van der Waals surface area (Å²) in [5, 5.41) is 3.29. The van der Waals surface area contributed by atoms with Crippen molar-refractivity contribution in [3.05, 3.63) is 29.3 Å². The molecule has 1 aliphatic carbocycles. The number of nitrogens with one attached hydrogen (secondary N) is 1. The molecule has 1 aromatic rings. The van der Waals surface area contributed by atoms with Crippen LogP contribution < -0.4 is 15.8 Å². The Morgan fingerprint density at radius 1 is 1.24 bits per heavy atom. The van der Waals surface area contributed by atoms with Crippen LogP contribution in [0.1, 0.15) is 56.6 Å². The molecule has 1 amide bonds. The number of carbonyl (C=O) groups is 1. The molecule has 0 aromatic heterocycles. The Morgan fingerprint density at radius 3 is 2.66 bits per heavy atom. The van der Waals surface area contributed by atoms with E-state index in [9.17, 15) is 4.79 Å². The Hall–Kier alpha value is -2.44. The molecule has 0 radical (unpaired) electrons. The highest BCUT2D eigenvalue weighted by Crippen LogP contribution is 2.28. The Balaban J connectivity index is 1.51. The molecule has 7 heteroatoms. The normalized spacial score (nSPS) is 18.7. The number of nitrogens with two attached hydrogens (primary N) is 1.